The minimum atomic E-state index is -0.213. The summed E-state index contributed by atoms with van der Waals surface area (Å²) in [6.07, 6.45) is 5.77. The molecule has 0 aliphatic carbocycles. The molecule has 164 valence electrons. The SMILES string of the molecule is CCOC(=O)N1CCC(NC(=NC)NCC(c2ccco2)N2CCCC2)CC1.I. The van der Waals surface area contributed by atoms with Crippen molar-refractivity contribution >= 4 is 36.0 Å². The lowest BCUT2D eigenvalue weighted by Crippen LogP contribution is -2.51. The number of carbonyl (C=O) groups excluding carboxylic acids is 1. The molecule has 1 atom stereocenters. The smallest absolute Gasteiger partial charge is 0.409 e. The molecule has 3 heterocycles. The third-order valence-corrected chi connectivity index (χ3v) is 5.50. The van der Waals surface area contributed by atoms with Crippen LogP contribution in [-0.2, 0) is 4.74 Å². The van der Waals surface area contributed by atoms with E-state index in [1.807, 2.05) is 19.1 Å². The first-order chi connectivity index (χ1) is 13.7. The number of furan rings is 1. The van der Waals surface area contributed by atoms with E-state index in [1.165, 1.54) is 12.8 Å². The van der Waals surface area contributed by atoms with Crippen molar-refractivity contribution in [3.05, 3.63) is 24.2 Å². The highest BCUT2D eigenvalue weighted by molar-refractivity contribution is 14.0. The molecular weight excluding hydrogens is 485 g/mol. The van der Waals surface area contributed by atoms with E-state index >= 15 is 0 Å². The Morgan fingerprint density at radius 3 is 2.62 bits per heavy atom. The number of halogens is 1. The maximum absolute atomic E-state index is 11.8. The van der Waals surface area contributed by atoms with Gasteiger partial charge in [-0.15, -0.1) is 24.0 Å². The highest BCUT2D eigenvalue weighted by Gasteiger charge is 2.27. The molecule has 1 unspecified atom stereocenters. The number of likely N-dealkylation sites (tertiary alicyclic amines) is 2. The van der Waals surface area contributed by atoms with E-state index in [2.05, 4.69) is 20.5 Å². The summed E-state index contributed by atoms with van der Waals surface area (Å²) < 4.78 is 10.8. The van der Waals surface area contributed by atoms with Gasteiger partial charge in [0.1, 0.15) is 5.76 Å². The van der Waals surface area contributed by atoms with Gasteiger partial charge in [0.2, 0.25) is 0 Å². The van der Waals surface area contributed by atoms with Crippen LogP contribution in [0.15, 0.2) is 27.8 Å². The standard InChI is InChI=1S/C20H33N5O3.HI/c1-3-27-20(26)25-12-8-16(9-13-25)23-19(21-2)22-15-17(18-7-6-14-28-18)24-10-4-5-11-24;/h6-7,14,16-17H,3-5,8-13,15H2,1-2H3,(H2,21,22,23);1H. The van der Waals surface area contributed by atoms with Crippen LogP contribution in [-0.4, -0.2) is 74.3 Å². The molecular formula is C20H34IN5O3. The minimum Gasteiger partial charge on any atom is -0.468 e. The van der Waals surface area contributed by atoms with Crippen molar-refractivity contribution in [3.63, 3.8) is 0 Å². The van der Waals surface area contributed by atoms with Gasteiger partial charge in [0, 0.05) is 32.7 Å². The first-order valence-corrected chi connectivity index (χ1v) is 10.4. The van der Waals surface area contributed by atoms with Gasteiger partial charge in [-0.3, -0.25) is 9.89 Å². The van der Waals surface area contributed by atoms with Crippen molar-refractivity contribution < 1.29 is 13.9 Å². The van der Waals surface area contributed by atoms with Crippen molar-refractivity contribution in [2.24, 2.45) is 4.99 Å². The second-order valence-electron chi connectivity index (χ2n) is 7.33. The van der Waals surface area contributed by atoms with E-state index in [-0.39, 0.29) is 36.1 Å². The predicted octanol–water partition coefficient (Wildman–Crippen LogP) is 2.82. The molecule has 8 nitrogen and oxygen atoms in total. The lowest BCUT2D eigenvalue weighted by Gasteiger charge is -2.33. The molecule has 0 saturated carbocycles. The molecule has 1 aromatic heterocycles. The molecule has 2 saturated heterocycles. The number of piperidine rings is 1. The molecule has 3 rings (SSSR count). The Morgan fingerprint density at radius 2 is 2.03 bits per heavy atom. The normalized spacial score (nSPS) is 19.5. The fourth-order valence-electron chi connectivity index (χ4n) is 3.95. The molecule has 2 aliphatic rings. The van der Waals surface area contributed by atoms with Crippen molar-refractivity contribution in [3.8, 4) is 0 Å². The number of rotatable bonds is 6. The molecule has 2 aliphatic heterocycles. The van der Waals surface area contributed by atoms with Crippen molar-refractivity contribution in [2.75, 3.05) is 46.4 Å². The second kappa shape index (κ2) is 12.3. The quantitative estimate of drug-likeness (QED) is 0.342. The summed E-state index contributed by atoms with van der Waals surface area (Å²) >= 11 is 0. The van der Waals surface area contributed by atoms with Gasteiger partial charge >= 0.3 is 6.09 Å². The number of hydrogen-bond acceptors (Lipinski definition) is 5. The number of amides is 1. The monoisotopic (exact) mass is 519 g/mol. The zero-order chi connectivity index (χ0) is 19.8. The van der Waals surface area contributed by atoms with Crippen LogP contribution in [0.5, 0.6) is 0 Å². The van der Waals surface area contributed by atoms with Gasteiger partial charge < -0.3 is 24.7 Å². The van der Waals surface area contributed by atoms with Crippen LogP contribution in [0.4, 0.5) is 4.79 Å². The lowest BCUT2D eigenvalue weighted by molar-refractivity contribution is 0.0963. The lowest BCUT2D eigenvalue weighted by atomic mass is 10.1. The summed E-state index contributed by atoms with van der Waals surface area (Å²) in [6, 6.07) is 4.50. The Kier molecular flexibility index (Phi) is 10.1. The second-order valence-corrected chi connectivity index (χ2v) is 7.33. The Morgan fingerprint density at radius 1 is 1.31 bits per heavy atom. The van der Waals surface area contributed by atoms with Gasteiger partial charge in [0.25, 0.3) is 0 Å². The van der Waals surface area contributed by atoms with E-state index in [4.69, 9.17) is 9.15 Å². The summed E-state index contributed by atoms with van der Waals surface area (Å²) in [5.41, 5.74) is 0. The average molecular weight is 519 g/mol. The number of nitrogens with one attached hydrogen (secondary N) is 2. The Balaban J connectivity index is 0.00000300. The summed E-state index contributed by atoms with van der Waals surface area (Å²) in [4.78, 5) is 20.5. The number of ether oxygens (including phenoxy) is 1. The molecule has 29 heavy (non-hydrogen) atoms. The van der Waals surface area contributed by atoms with Crippen molar-refractivity contribution in [1.29, 1.82) is 0 Å². The highest BCUT2D eigenvalue weighted by atomic mass is 127. The first kappa shape index (κ1) is 23.8. The molecule has 0 bridgehead atoms. The van der Waals surface area contributed by atoms with Crippen LogP contribution in [0.3, 0.4) is 0 Å². The Hall–Kier alpha value is -1.49. The molecule has 2 fully saturated rings. The van der Waals surface area contributed by atoms with E-state index in [0.717, 1.165) is 44.2 Å². The van der Waals surface area contributed by atoms with Crippen LogP contribution in [0.2, 0.25) is 0 Å². The van der Waals surface area contributed by atoms with Crippen LogP contribution in [0.1, 0.15) is 44.4 Å². The van der Waals surface area contributed by atoms with Gasteiger partial charge in [0.15, 0.2) is 5.96 Å². The predicted molar refractivity (Wildman–Crippen MR) is 124 cm³/mol. The number of guanidine groups is 1. The number of aliphatic imine (C=N–C) groups is 1. The topological polar surface area (TPSA) is 82.3 Å². The number of carbonyl (C=O) groups is 1. The van der Waals surface area contributed by atoms with Crippen LogP contribution < -0.4 is 10.6 Å². The first-order valence-electron chi connectivity index (χ1n) is 10.4. The minimum absolute atomic E-state index is 0. The van der Waals surface area contributed by atoms with E-state index in [9.17, 15) is 4.79 Å². The maximum atomic E-state index is 11.8. The molecule has 0 aromatic carbocycles. The highest BCUT2D eigenvalue weighted by Crippen LogP contribution is 2.24. The maximum Gasteiger partial charge on any atom is 0.409 e. The van der Waals surface area contributed by atoms with Gasteiger partial charge in [-0.25, -0.2) is 4.79 Å². The van der Waals surface area contributed by atoms with Crippen LogP contribution in [0.25, 0.3) is 0 Å². The van der Waals surface area contributed by atoms with Gasteiger partial charge in [-0.1, -0.05) is 0 Å². The van der Waals surface area contributed by atoms with E-state index in [0.29, 0.717) is 25.7 Å². The molecule has 0 spiro atoms. The summed E-state index contributed by atoms with van der Waals surface area (Å²) in [7, 11) is 1.79. The molecule has 0 radical (unpaired) electrons. The van der Waals surface area contributed by atoms with Gasteiger partial charge in [0.05, 0.1) is 18.9 Å². The third-order valence-electron chi connectivity index (χ3n) is 5.50. The van der Waals surface area contributed by atoms with E-state index in [1.54, 1.807) is 18.2 Å². The summed E-state index contributed by atoms with van der Waals surface area (Å²) in [6.45, 7) is 6.61. The molecule has 1 amide bonds. The van der Waals surface area contributed by atoms with E-state index < -0.39 is 0 Å². The summed E-state index contributed by atoms with van der Waals surface area (Å²) in [5, 5.41) is 6.97. The Bertz CT molecular complexity index is 626. The van der Waals surface area contributed by atoms with Gasteiger partial charge in [-0.05, 0) is 57.8 Å². The fraction of sp³-hybridized carbons (Fsp3) is 0.700. The summed E-state index contributed by atoms with van der Waals surface area (Å²) in [5.74, 6) is 1.79. The molecule has 1 aromatic rings. The molecule has 9 heteroatoms. The van der Waals surface area contributed by atoms with Crippen molar-refractivity contribution in [2.45, 2.75) is 44.7 Å². The third kappa shape index (κ3) is 6.77. The zero-order valence-corrected chi connectivity index (χ0v) is 19.8. The fourth-order valence-corrected chi connectivity index (χ4v) is 3.95. The molecule has 2 N–H and O–H groups in total. The van der Waals surface area contributed by atoms with Gasteiger partial charge in [-0.2, -0.15) is 0 Å². The number of hydrogen-bond donors (Lipinski definition) is 2. The van der Waals surface area contributed by atoms with Crippen LogP contribution in [0, 0.1) is 0 Å². The van der Waals surface area contributed by atoms with Crippen LogP contribution >= 0.6 is 24.0 Å². The average Bonchev–Trinajstić information content (AvgIpc) is 3.43. The Labute approximate surface area is 190 Å². The van der Waals surface area contributed by atoms with Crippen molar-refractivity contribution in [1.82, 2.24) is 20.4 Å². The number of nitrogens with zero attached hydrogens (tertiary/aromatic N) is 3. The largest absolute Gasteiger partial charge is 0.468 e. The zero-order valence-electron chi connectivity index (χ0n) is 17.4.